The van der Waals surface area contributed by atoms with E-state index in [0.717, 1.165) is 12.8 Å². The molecular weight excluding hydrogens is 270 g/mol. The Kier molecular flexibility index (Phi) is 4.62. The summed E-state index contributed by atoms with van der Waals surface area (Å²) in [6, 6.07) is 9.11. The van der Waals surface area contributed by atoms with Crippen molar-refractivity contribution in [1.29, 1.82) is 0 Å². The molecule has 2 unspecified atom stereocenters. The van der Waals surface area contributed by atoms with Crippen molar-refractivity contribution in [3.8, 4) is 0 Å². The molecule has 1 aliphatic carbocycles. The Balaban J connectivity index is 2.55. The summed E-state index contributed by atoms with van der Waals surface area (Å²) in [5.74, 6) is -0.679. The number of alkyl carbamates (subject to hydrolysis) is 1. The number of amides is 1. The van der Waals surface area contributed by atoms with Crippen LogP contribution in [0.2, 0.25) is 0 Å². The summed E-state index contributed by atoms with van der Waals surface area (Å²) in [7, 11) is 2.59. The van der Waals surface area contributed by atoms with Gasteiger partial charge in [0.2, 0.25) is 0 Å². The van der Waals surface area contributed by atoms with Crippen LogP contribution in [0.5, 0.6) is 0 Å². The third kappa shape index (κ3) is 2.77. The normalized spacial score (nSPS) is 19.6. The molecule has 0 fully saturated rings. The molecule has 0 radical (unpaired) electrons. The van der Waals surface area contributed by atoms with E-state index in [1.165, 1.54) is 14.2 Å². The number of ether oxygens (including phenoxy) is 2. The number of allylic oxidation sites excluding steroid dienone is 1. The van der Waals surface area contributed by atoms with Gasteiger partial charge in [0.1, 0.15) is 0 Å². The standard InChI is InChI=1S/C16H19NO4/c1-20-14(18)16(17-15(19)21-2,13-10-6-7-11-13)12-8-4-3-5-9-12/h3-6,8-10,13H,7,11H2,1-2H3,(H,17,19). The fourth-order valence-electron chi connectivity index (χ4n) is 2.77. The number of esters is 1. The Morgan fingerprint density at radius 3 is 2.43 bits per heavy atom. The quantitative estimate of drug-likeness (QED) is 0.682. The van der Waals surface area contributed by atoms with Gasteiger partial charge in [-0.3, -0.25) is 0 Å². The Morgan fingerprint density at radius 2 is 1.90 bits per heavy atom. The zero-order chi connectivity index (χ0) is 15.3. The Morgan fingerprint density at radius 1 is 1.19 bits per heavy atom. The molecule has 112 valence electrons. The largest absolute Gasteiger partial charge is 0.467 e. The first kappa shape index (κ1) is 15.1. The van der Waals surface area contributed by atoms with E-state index in [1.807, 2.05) is 30.4 Å². The van der Waals surface area contributed by atoms with Crippen LogP contribution in [0, 0.1) is 5.92 Å². The number of methoxy groups -OCH3 is 2. The molecule has 5 heteroatoms. The predicted molar refractivity (Wildman–Crippen MR) is 77.5 cm³/mol. The predicted octanol–water partition coefficient (Wildman–Crippen LogP) is 2.38. The molecule has 5 nitrogen and oxygen atoms in total. The van der Waals surface area contributed by atoms with Crippen molar-refractivity contribution in [3.05, 3.63) is 48.0 Å². The highest BCUT2D eigenvalue weighted by molar-refractivity contribution is 5.88. The fourth-order valence-corrected chi connectivity index (χ4v) is 2.77. The highest BCUT2D eigenvalue weighted by atomic mass is 16.5. The summed E-state index contributed by atoms with van der Waals surface area (Å²) >= 11 is 0. The van der Waals surface area contributed by atoms with Gasteiger partial charge < -0.3 is 14.8 Å². The maximum Gasteiger partial charge on any atom is 0.408 e. The zero-order valence-electron chi connectivity index (χ0n) is 12.2. The van der Waals surface area contributed by atoms with Crippen molar-refractivity contribution in [2.75, 3.05) is 14.2 Å². The number of benzene rings is 1. The van der Waals surface area contributed by atoms with E-state index in [2.05, 4.69) is 5.32 Å². The summed E-state index contributed by atoms with van der Waals surface area (Å²) in [6.45, 7) is 0. The monoisotopic (exact) mass is 289 g/mol. The molecule has 1 aliphatic rings. The number of hydrogen-bond acceptors (Lipinski definition) is 4. The Bertz CT molecular complexity index is 540. The van der Waals surface area contributed by atoms with Crippen molar-refractivity contribution in [2.45, 2.75) is 18.4 Å². The van der Waals surface area contributed by atoms with Gasteiger partial charge in [-0.25, -0.2) is 9.59 Å². The first-order valence-corrected chi connectivity index (χ1v) is 6.82. The van der Waals surface area contributed by atoms with Gasteiger partial charge in [0, 0.05) is 5.92 Å². The lowest BCUT2D eigenvalue weighted by atomic mass is 9.77. The Labute approximate surface area is 123 Å². The lowest BCUT2D eigenvalue weighted by Crippen LogP contribution is -2.56. The van der Waals surface area contributed by atoms with Gasteiger partial charge in [-0.1, -0.05) is 42.5 Å². The molecule has 0 spiro atoms. The lowest BCUT2D eigenvalue weighted by Gasteiger charge is -2.36. The number of rotatable bonds is 4. The number of hydrogen-bond donors (Lipinski definition) is 1. The minimum absolute atomic E-state index is 0.175. The van der Waals surface area contributed by atoms with Crippen LogP contribution in [0.25, 0.3) is 0 Å². The van der Waals surface area contributed by atoms with Gasteiger partial charge in [0.15, 0.2) is 5.54 Å². The van der Waals surface area contributed by atoms with E-state index in [0.29, 0.717) is 5.56 Å². The first-order chi connectivity index (χ1) is 10.1. The SMILES string of the molecule is COC(=O)NC(C(=O)OC)(c1ccccc1)C1C=CCC1. The van der Waals surface area contributed by atoms with Gasteiger partial charge in [0.25, 0.3) is 0 Å². The lowest BCUT2D eigenvalue weighted by molar-refractivity contribution is -0.150. The zero-order valence-corrected chi connectivity index (χ0v) is 12.2. The van der Waals surface area contributed by atoms with E-state index in [-0.39, 0.29) is 5.92 Å². The minimum atomic E-state index is -1.27. The third-order valence-electron chi connectivity index (χ3n) is 3.79. The summed E-state index contributed by atoms with van der Waals surface area (Å²) < 4.78 is 9.68. The first-order valence-electron chi connectivity index (χ1n) is 6.82. The molecule has 0 saturated carbocycles. The van der Waals surface area contributed by atoms with E-state index >= 15 is 0 Å². The molecule has 0 bridgehead atoms. The van der Waals surface area contributed by atoms with E-state index < -0.39 is 17.6 Å². The van der Waals surface area contributed by atoms with Crippen molar-refractivity contribution < 1.29 is 19.1 Å². The molecule has 2 rings (SSSR count). The average Bonchev–Trinajstić information content (AvgIpc) is 3.07. The second-order valence-corrected chi connectivity index (χ2v) is 4.89. The van der Waals surface area contributed by atoms with Crippen LogP contribution in [0.3, 0.4) is 0 Å². The molecule has 21 heavy (non-hydrogen) atoms. The van der Waals surface area contributed by atoms with Crippen LogP contribution < -0.4 is 5.32 Å². The molecule has 1 aromatic rings. The molecule has 2 atom stereocenters. The molecule has 0 aliphatic heterocycles. The molecule has 0 aromatic heterocycles. The van der Waals surface area contributed by atoms with Crippen molar-refractivity contribution in [2.24, 2.45) is 5.92 Å². The topological polar surface area (TPSA) is 64.6 Å². The van der Waals surface area contributed by atoms with Crippen LogP contribution in [-0.2, 0) is 19.8 Å². The highest BCUT2D eigenvalue weighted by Gasteiger charge is 2.49. The molecule has 0 saturated heterocycles. The van der Waals surface area contributed by atoms with Crippen LogP contribution >= 0.6 is 0 Å². The maximum atomic E-state index is 12.5. The molecule has 1 aromatic carbocycles. The molecular formula is C16H19NO4. The Hall–Kier alpha value is -2.30. The van der Waals surface area contributed by atoms with E-state index in [4.69, 9.17) is 9.47 Å². The van der Waals surface area contributed by atoms with Crippen LogP contribution in [-0.4, -0.2) is 26.3 Å². The van der Waals surface area contributed by atoms with Crippen molar-refractivity contribution in [1.82, 2.24) is 5.32 Å². The minimum Gasteiger partial charge on any atom is -0.467 e. The highest BCUT2D eigenvalue weighted by Crippen LogP contribution is 2.38. The van der Waals surface area contributed by atoms with E-state index in [9.17, 15) is 9.59 Å². The van der Waals surface area contributed by atoms with Gasteiger partial charge in [-0.15, -0.1) is 0 Å². The van der Waals surface area contributed by atoms with Crippen molar-refractivity contribution >= 4 is 12.1 Å². The van der Waals surface area contributed by atoms with Crippen LogP contribution in [0.4, 0.5) is 4.79 Å². The second-order valence-electron chi connectivity index (χ2n) is 4.89. The summed E-state index contributed by atoms with van der Waals surface area (Å²) in [4.78, 5) is 24.4. The molecule has 1 N–H and O–H groups in total. The van der Waals surface area contributed by atoms with E-state index in [1.54, 1.807) is 12.1 Å². The molecule has 0 heterocycles. The average molecular weight is 289 g/mol. The van der Waals surface area contributed by atoms with Crippen LogP contribution in [0.15, 0.2) is 42.5 Å². The number of carbonyl (C=O) groups excluding carboxylic acids is 2. The maximum absolute atomic E-state index is 12.5. The summed E-state index contributed by atoms with van der Waals surface area (Å²) in [5.41, 5.74) is -0.588. The second kappa shape index (κ2) is 6.43. The van der Waals surface area contributed by atoms with Crippen molar-refractivity contribution in [3.63, 3.8) is 0 Å². The van der Waals surface area contributed by atoms with Crippen LogP contribution in [0.1, 0.15) is 18.4 Å². The van der Waals surface area contributed by atoms with Gasteiger partial charge in [0.05, 0.1) is 14.2 Å². The van der Waals surface area contributed by atoms with Gasteiger partial charge in [-0.2, -0.15) is 0 Å². The summed E-state index contributed by atoms with van der Waals surface area (Å²) in [6.07, 6.45) is 4.90. The fraction of sp³-hybridized carbons (Fsp3) is 0.375. The number of nitrogens with one attached hydrogen (secondary N) is 1. The summed E-state index contributed by atoms with van der Waals surface area (Å²) in [5, 5.41) is 2.70. The van der Waals surface area contributed by atoms with Gasteiger partial charge in [-0.05, 0) is 18.4 Å². The number of carbonyl (C=O) groups is 2. The van der Waals surface area contributed by atoms with Gasteiger partial charge >= 0.3 is 12.1 Å². The third-order valence-corrected chi connectivity index (χ3v) is 3.79. The smallest absolute Gasteiger partial charge is 0.408 e. The molecule has 1 amide bonds.